The van der Waals surface area contributed by atoms with Crippen molar-refractivity contribution < 1.29 is 18.9 Å². The summed E-state index contributed by atoms with van der Waals surface area (Å²) in [5.41, 5.74) is 7.92. The number of nitrogens with zero attached hydrogens (tertiary/aromatic N) is 1. The summed E-state index contributed by atoms with van der Waals surface area (Å²) in [6.07, 6.45) is 0. The van der Waals surface area contributed by atoms with Gasteiger partial charge in [-0.2, -0.15) is 0 Å². The SMILES string of the molecule is COc1ccc(CNC(N)=NCc2cc(Br)c(OC)c(OC)c2)cc1OC. The number of rotatable bonds is 8. The molecule has 2 aromatic carbocycles. The van der Waals surface area contributed by atoms with E-state index in [1.54, 1.807) is 28.4 Å². The summed E-state index contributed by atoms with van der Waals surface area (Å²) >= 11 is 3.47. The van der Waals surface area contributed by atoms with E-state index in [1.165, 1.54) is 0 Å². The number of methoxy groups -OCH3 is 4. The van der Waals surface area contributed by atoms with E-state index in [0.717, 1.165) is 15.6 Å². The van der Waals surface area contributed by atoms with E-state index < -0.39 is 0 Å². The number of halogens is 1. The molecule has 0 saturated heterocycles. The van der Waals surface area contributed by atoms with E-state index in [1.807, 2.05) is 30.3 Å². The number of nitrogens with one attached hydrogen (secondary N) is 1. The van der Waals surface area contributed by atoms with Gasteiger partial charge in [0.25, 0.3) is 0 Å². The summed E-state index contributed by atoms with van der Waals surface area (Å²) in [6, 6.07) is 9.48. The van der Waals surface area contributed by atoms with Crippen molar-refractivity contribution in [2.75, 3.05) is 28.4 Å². The van der Waals surface area contributed by atoms with Gasteiger partial charge in [-0.25, -0.2) is 4.99 Å². The molecule has 146 valence electrons. The molecular formula is C19H24BrN3O4. The molecule has 0 fully saturated rings. The lowest BCUT2D eigenvalue weighted by Gasteiger charge is -2.12. The number of aliphatic imine (C=N–C) groups is 1. The third kappa shape index (κ3) is 5.43. The molecule has 0 spiro atoms. The van der Waals surface area contributed by atoms with Gasteiger partial charge in [-0.15, -0.1) is 0 Å². The van der Waals surface area contributed by atoms with Gasteiger partial charge < -0.3 is 30.0 Å². The van der Waals surface area contributed by atoms with Crippen molar-refractivity contribution in [2.24, 2.45) is 10.7 Å². The average Bonchev–Trinajstić information content (AvgIpc) is 2.69. The van der Waals surface area contributed by atoms with Crippen LogP contribution < -0.4 is 30.0 Å². The van der Waals surface area contributed by atoms with Crippen molar-refractivity contribution in [3.63, 3.8) is 0 Å². The summed E-state index contributed by atoms with van der Waals surface area (Å²) in [6.45, 7) is 0.926. The highest BCUT2D eigenvalue weighted by atomic mass is 79.9. The van der Waals surface area contributed by atoms with Crippen molar-refractivity contribution in [3.8, 4) is 23.0 Å². The van der Waals surface area contributed by atoms with Crippen LogP contribution in [0.4, 0.5) is 0 Å². The van der Waals surface area contributed by atoms with Crippen LogP contribution in [0.3, 0.4) is 0 Å². The van der Waals surface area contributed by atoms with Crippen LogP contribution in [0.1, 0.15) is 11.1 Å². The van der Waals surface area contributed by atoms with Crippen LogP contribution in [0.2, 0.25) is 0 Å². The number of ether oxygens (including phenoxy) is 4. The number of guanidine groups is 1. The molecule has 0 atom stereocenters. The Balaban J connectivity index is 2.01. The zero-order valence-corrected chi connectivity index (χ0v) is 17.4. The van der Waals surface area contributed by atoms with Crippen LogP contribution in [-0.4, -0.2) is 34.4 Å². The van der Waals surface area contributed by atoms with E-state index in [-0.39, 0.29) is 0 Å². The Morgan fingerprint density at radius 3 is 2.22 bits per heavy atom. The van der Waals surface area contributed by atoms with Crippen LogP contribution in [0.25, 0.3) is 0 Å². The van der Waals surface area contributed by atoms with Gasteiger partial charge in [-0.3, -0.25) is 0 Å². The van der Waals surface area contributed by atoms with Crippen molar-refractivity contribution in [1.29, 1.82) is 0 Å². The van der Waals surface area contributed by atoms with Crippen molar-refractivity contribution in [3.05, 3.63) is 45.9 Å². The normalized spacial score (nSPS) is 11.1. The third-order valence-corrected chi connectivity index (χ3v) is 4.44. The highest BCUT2D eigenvalue weighted by molar-refractivity contribution is 9.10. The van der Waals surface area contributed by atoms with Gasteiger partial charge >= 0.3 is 0 Å². The first kappa shape index (κ1) is 20.7. The Hall–Kier alpha value is -2.61. The van der Waals surface area contributed by atoms with Crippen LogP contribution in [-0.2, 0) is 13.1 Å². The van der Waals surface area contributed by atoms with Gasteiger partial charge in [0, 0.05) is 6.54 Å². The summed E-state index contributed by atoms with van der Waals surface area (Å²) in [4.78, 5) is 4.37. The lowest BCUT2D eigenvalue weighted by Crippen LogP contribution is -2.31. The van der Waals surface area contributed by atoms with Crippen LogP contribution in [0.5, 0.6) is 23.0 Å². The number of hydrogen-bond donors (Lipinski definition) is 2. The molecule has 7 nitrogen and oxygen atoms in total. The summed E-state index contributed by atoms with van der Waals surface area (Å²) in [7, 11) is 6.39. The fourth-order valence-corrected chi connectivity index (χ4v) is 3.13. The Labute approximate surface area is 167 Å². The second-order valence-corrected chi connectivity index (χ2v) is 6.41. The minimum Gasteiger partial charge on any atom is -0.493 e. The second-order valence-electron chi connectivity index (χ2n) is 5.56. The van der Waals surface area contributed by atoms with Gasteiger partial charge in [0.05, 0.1) is 39.5 Å². The first-order chi connectivity index (χ1) is 13.0. The predicted octanol–water partition coefficient (Wildman–Crippen LogP) is 3.09. The number of nitrogens with two attached hydrogens (primary N) is 1. The molecule has 0 heterocycles. The smallest absolute Gasteiger partial charge is 0.189 e. The van der Waals surface area contributed by atoms with Crippen LogP contribution in [0, 0.1) is 0 Å². The number of benzene rings is 2. The monoisotopic (exact) mass is 437 g/mol. The molecule has 3 N–H and O–H groups in total. The highest BCUT2D eigenvalue weighted by Gasteiger charge is 2.10. The average molecular weight is 438 g/mol. The van der Waals surface area contributed by atoms with Crippen LogP contribution >= 0.6 is 15.9 Å². The largest absolute Gasteiger partial charge is 0.493 e. The maximum absolute atomic E-state index is 5.98. The molecule has 0 bridgehead atoms. The molecule has 0 aromatic heterocycles. The summed E-state index contributed by atoms with van der Waals surface area (Å²) < 4.78 is 22.0. The second kappa shape index (κ2) is 9.91. The minimum atomic E-state index is 0.343. The Morgan fingerprint density at radius 2 is 1.59 bits per heavy atom. The molecule has 2 aromatic rings. The van der Waals surface area contributed by atoms with Crippen LogP contribution in [0.15, 0.2) is 39.8 Å². The molecule has 0 saturated carbocycles. The molecule has 8 heteroatoms. The molecule has 2 rings (SSSR count). The summed E-state index contributed by atoms with van der Waals surface area (Å²) in [5, 5.41) is 3.09. The number of hydrogen-bond acceptors (Lipinski definition) is 5. The van der Waals surface area contributed by atoms with E-state index >= 15 is 0 Å². The molecule has 0 amide bonds. The Morgan fingerprint density at radius 1 is 0.926 bits per heavy atom. The maximum atomic E-state index is 5.98. The van der Waals surface area contributed by atoms with Gasteiger partial charge in [0.1, 0.15) is 0 Å². The molecule has 0 aliphatic rings. The predicted molar refractivity (Wildman–Crippen MR) is 109 cm³/mol. The van der Waals surface area contributed by atoms with Gasteiger partial charge in [0.15, 0.2) is 29.0 Å². The molecule has 0 aliphatic carbocycles. The summed E-state index contributed by atoms with van der Waals surface area (Å²) in [5.74, 6) is 2.97. The van der Waals surface area contributed by atoms with Crippen molar-refractivity contribution in [1.82, 2.24) is 5.32 Å². The van der Waals surface area contributed by atoms with Gasteiger partial charge in [-0.05, 0) is 51.3 Å². The van der Waals surface area contributed by atoms with E-state index in [0.29, 0.717) is 42.0 Å². The lowest BCUT2D eigenvalue weighted by atomic mass is 10.2. The quantitative estimate of drug-likeness (QED) is 0.487. The standard InChI is InChI=1S/C19H24BrN3O4/c1-24-15-6-5-12(8-16(15)25-2)10-22-19(21)23-11-13-7-14(20)18(27-4)17(9-13)26-3/h5-9H,10-11H2,1-4H3,(H3,21,22,23). The fraction of sp³-hybridized carbons (Fsp3) is 0.316. The van der Waals surface area contributed by atoms with Crippen molar-refractivity contribution in [2.45, 2.75) is 13.1 Å². The van der Waals surface area contributed by atoms with Crippen molar-refractivity contribution >= 4 is 21.9 Å². The molecular weight excluding hydrogens is 414 g/mol. The molecule has 0 aliphatic heterocycles. The first-order valence-electron chi connectivity index (χ1n) is 8.17. The molecule has 27 heavy (non-hydrogen) atoms. The lowest BCUT2D eigenvalue weighted by molar-refractivity contribution is 0.352. The van der Waals surface area contributed by atoms with Gasteiger partial charge in [-0.1, -0.05) is 6.07 Å². The van der Waals surface area contributed by atoms with E-state index in [9.17, 15) is 0 Å². The Bertz CT molecular complexity index is 812. The topological polar surface area (TPSA) is 87.3 Å². The molecule has 0 radical (unpaired) electrons. The fourth-order valence-electron chi connectivity index (χ4n) is 2.48. The maximum Gasteiger partial charge on any atom is 0.189 e. The minimum absolute atomic E-state index is 0.343. The zero-order chi connectivity index (χ0) is 19.8. The van der Waals surface area contributed by atoms with Gasteiger partial charge in [0.2, 0.25) is 0 Å². The zero-order valence-electron chi connectivity index (χ0n) is 15.8. The van der Waals surface area contributed by atoms with E-state index in [2.05, 4.69) is 26.2 Å². The Kier molecular flexibility index (Phi) is 7.60. The third-order valence-electron chi connectivity index (χ3n) is 3.85. The molecule has 0 unspecified atom stereocenters. The highest BCUT2D eigenvalue weighted by Crippen LogP contribution is 2.36. The van der Waals surface area contributed by atoms with E-state index in [4.69, 9.17) is 24.7 Å². The first-order valence-corrected chi connectivity index (χ1v) is 8.96.